The first-order chi connectivity index (χ1) is 16.4. The summed E-state index contributed by atoms with van der Waals surface area (Å²) in [5.41, 5.74) is 0.947. The number of carbonyl (C=O) groups is 1. The van der Waals surface area contributed by atoms with Gasteiger partial charge in [0.15, 0.2) is 17.6 Å². The molecule has 0 saturated heterocycles. The molecule has 0 saturated carbocycles. The van der Waals surface area contributed by atoms with Crippen molar-refractivity contribution in [2.45, 2.75) is 17.9 Å². The lowest BCUT2D eigenvalue weighted by Gasteiger charge is -2.17. The Balaban J connectivity index is 1.44. The number of amides is 1. The fraction of sp³-hybridized carbons (Fsp3) is 0.115. The normalized spacial score (nSPS) is 12.1. The molecule has 0 fully saturated rings. The maximum atomic E-state index is 12.9. The molecule has 4 aromatic rings. The maximum absolute atomic E-state index is 12.9. The number of sulfonamides is 1. The van der Waals surface area contributed by atoms with E-state index in [1.807, 2.05) is 30.3 Å². The average molecular weight is 477 g/mol. The van der Waals surface area contributed by atoms with Gasteiger partial charge in [-0.15, -0.1) is 0 Å². The second kappa shape index (κ2) is 9.84. The van der Waals surface area contributed by atoms with Crippen LogP contribution < -0.4 is 19.5 Å². The van der Waals surface area contributed by atoms with E-state index in [0.717, 1.165) is 10.8 Å². The van der Waals surface area contributed by atoms with E-state index < -0.39 is 16.1 Å². The van der Waals surface area contributed by atoms with Gasteiger partial charge in [-0.25, -0.2) is 8.42 Å². The van der Waals surface area contributed by atoms with Crippen molar-refractivity contribution in [2.75, 3.05) is 17.1 Å². The molecule has 0 unspecified atom stereocenters. The number of nitrogens with one attached hydrogen (secondary N) is 2. The highest BCUT2D eigenvalue weighted by Gasteiger charge is 2.19. The molecule has 0 heterocycles. The zero-order valence-electron chi connectivity index (χ0n) is 18.7. The van der Waals surface area contributed by atoms with Gasteiger partial charge in [0.25, 0.3) is 15.9 Å². The highest BCUT2D eigenvalue weighted by Crippen LogP contribution is 2.28. The predicted octanol–water partition coefficient (Wildman–Crippen LogP) is 5.06. The maximum Gasteiger partial charge on any atom is 0.265 e. The summed E-state index contributed by atoms with van der Waals surface area (Å²) in [6, 6.07) is 26.0. The van der Waals surface area contributed by atoms with Crippen molar-refractivity contribution in [1.82, 2.24) is 0 Å². The smallest absolute Gasteiger partial charge is 0.265 e. The summed E-state index contributed by atoms with van der Waals surface area (Å²) in [6.07, 6.45) is -0.798. The number of hydrogen-bond donors (Lipinski definition) is 2. The minimum absolute atomic E-state index is 0.0803. The fourth-order valence-corrected chi connectivity index (χ4v) is 4.52. The van der Waals surface area contributed by atoms with Crippen LogP contribution in [0.1, 0.15) is 6.92 Å². The molecule has 0 aromatic heterocycles. The fourth-order valence-electron chi connectivity index (χ4n) is 3.44. The third-order valence-corrected chi connectivity index (χ3v) is 6.59. The number of anilines is 2. The van der Waals surface area contributed by atoms with Gasteiger partial charge in [-0.3, -0.25) is 9.52 Å². The van der Waals surface area contributed by atoms with Crippen molar-refractivity contribution in [2.24, 2.45) is 0 Å². The Morgan fingerprint density at radius 1 is 0.824 bits per heavy atom. The molecule has 0 radical (unpaired) electrons. The Labute approximate surface area is 198 Å². The number of methoxy groups -OCH3 is 1. The van der Waals surface area contributed by atoms with Crippen LogP contribution in [0.15, 0.2) is 95.9 Å². The van der Waals surface area contributed by atoms with E-state index in [9.17, 15) is 13.2 Å². The molecule has 1 amide bonds. The molecular formula is C26H24N2O5S. The minimum atomic E-state index is -3.82. The van der Waals surface area contributed by atoms with Crippen LogP contribution in [0, 0.1) is 0 Å². The van der Waals surface area contributed by atoms with E-state index in [-0.39, 0.29) is 10.8 Å². The van der Waals surface area contributed by atoms with Gasteiger partial charge >= 0.3 is 0 Å². The van der Waals surface area contributed by atoms with Gasteiger partial charge in [0, 0.05) is 11.1 Å². The molecule has 0 aliphatic carbocycles. The van der Waals surface area contributed by atoms with E-state index in [2.05, 4.69) is 10.0 Å². The molecule has 7 nitrogen and oxygen atoms in total. The van der Waals surface area contributed by atoms with Crippen LogP contribution in [0.2, 0.25) is 0 Å². The third-order valence-electron chi connectivity index (χ3n) is 5.21. The van der Waals surface area contributed by atoms with Crippen LogP contribution in [-0.4, -0.2) is 27.5 Å². The van der Waals surface area contributed by atoms with Crippen molar-refractivity contribution in [3.8, 4) is 11.5 Å². The van der Waals surface area contributed by atoms with Crippen molar-refractivity contribution >= 4 is 38.1 Å². The lowest BCUT2D eigenvalue weighted by molar-refractivity contribution is -0.122. The molecule has 2 N–H and O–H groups in total. The first kappa shape index (κ1) is 23.1. The van der Waals surface area contributed by atoms with Gasteiger partial charge in [-0.2, -0.15) is 0 Å². The molecule has 4 aromatic carbocycles. The summed E-state index contributed by atoms with van der Waals surface area (Å²) in [4.78, 5) is 12.6. The van der Waals surface area contributed by atoms with Gasteiger partial charge < -0.3 is 14.8 Å². The lowest BCUT2D eigenvalue weighted by atomic mass is 10.1. The summed E-state index contributed by atoms with van der Waals surface area (Å²) < 4.78 is 39.4. The van der Waals surface area contributed by atoms with Crippen molar-refractivity contribution in [3.05, 3.63) is 91.0 Å². The number of carbonyl (C=O) groups excluding carboxylic acids is 1. The minimum Gasteiger partial charge on any atom is -0.493 e. The Hall–Kier alpha value is -4.04. The largest absolute Gasteiger partial charge is 0.493 e. The first-order valence-corrected chi connectivity index (χ1v) is 12.1. The zero-order valence-corrected chi connectivity index (χ0v) is 19.5. The SMILES string of the molecule is COc1ccccc1O[C@H](C)C(=O)Nc1ccc(S(=O)(=O)Nc2cccc3ccccc23)cc1. The number of rotatable bonds is 8. The molecule has 1 atom stereocenters. The van der Waals surface area contributed by atoms with Gasteiger partial charge in [0.05, 0.1) is 17.7 Å². The van der Waals surface area contributed by atoms with Crippen LogP contribution >= 0.6 is 0 Å². The quantitative estimate of drug-likeness (QED) is 0.371. The van der Waals surface area contributed by atoms with Gasteiger partial charge in [-0.05, 0) is 54.8 Å². The molecular weight excluding hydrogens is 452 g/mol. The lowest BCUT2D eigenvalue weighted by Crippen LogP contribution is -2.30. The highest BCUT2D eigenvalue weighted by atomic mass is 32.2. The highest BCUT2D eigenvalue weighted by molar-refractivity contribution is 7.92. The van der Waals surface area contributed by atoms with Crippen LogP contribution in [0.25, 0.3) is 10.8 Å². The van der Waals surface area contributed by atoms with E-state index in [4.69, 9.17) is 9.47 Å². The molecule has 34 heavy (non-hydrogen) atoms. The van der Waals surface area contributed by atoms with Gasteiger partial charge in [-0.1, -0.05) is 48.5 Å². The summed E-state index contributed by atoms with van der Waals surface area (Å²) in [7, 11) is -2.29. The average Bonchev–Trinajstić information content (AvgIpc) is 2.84. The predicted molar refractivity (Wildman–Crippen MR) is 133 cm³/mol. The standard InChI is InChI=1S/C26H24N2O5S/c1-18(33-25-13-6-5-12-24(25)32-2)26(29)27-20-14-16-21(17-15-20)34(30,31)28-23-11-7-9-19-8-3-4-10-22(19)23/h3-18,28H,1-2H3,(H,27,29)/t18-/m1/s1. The van der Waals surface area contributed by atoms with E-state index in [1.54, 1.807) is 43.3 Å². The molecule has 0 bridgehead atoms. The Kier molecular flexibility index (Phi) is 6.70. The number of ether oxygens (including phenoxy) is 2. The second-order valence-electron chi connectivity index (χ2n) is 7.56. The van der Waals surface area contributed by atoms with Crippen molar-refractivity contribution in [1.29, 1.82) is 0 Å². The van der Waals surface area contributed by atoms with Gasteiger partial charge in [0.1, 0.15) is 0 Å². The van der Waals surface area contributed by atoms with E-state index in [1.165, 1.54) is 31.4 Å². The Bertz CT molecular complexity index is 1410. The van der Waals surface area contributed by atoms with E-state index in [0.29, 0.717) is 22.9 Å². The molecule has 0 spiro atoms. The topological polar surface area (TPSA) is 93.7 Å². The van der Waals surface area contributed by atoms with Gasteiger partial charge in [0.2, 0.25) is 0 Å². The summed E-state index contributed by atoms with van der Waals surface area (Å²) in [6.45, 7) is 1.62. The zero-order chi connectivity index (χ0) is 24.1. The summed E-state index contributed by atoms with van der Waals surface area (Å²) >= 11 is 0. The second-order valence-corrected chi connectivity index (χ2v) is 9.24. The van der Waals surface area contributed by atoms with Crippen molar-refractivity contribution < 1.29 is 22.7 Å². The molecule has 4 rings (SSSR count). The molecule has 8 heteroatoms. The summed E-state index contributed by atoms with van der Waals surface area (Å²) in [5.74, 6) is 0.597. The van der Waals surface area contributed by atoms with Crippen LogP contribution in [0.3, 0.4) is 0 Å². The van der Waals surface area contributed by atoms with Crippen LogP contribution in [0.4, 0.5) is 11.4 Å². The Morgan fingerprint density at radius 3 is 2.21 bits per heavy atom. The number of hydrogen-bond acceptors (Lipinski definition) is 5. The number of fused-ring (bicyclic) bond motifs is 1. The molecule has 174 valence electrons. The first-order valence-electron chi connectivity index (χ1n) is 10.6. The third kappa shape index (κ3) is 5.13. The number of para-hydroxylation sites is 2. The summed E-state index contributed by atoms with van der Waals surface area (Å²) in [5, 5.41) is 4.47. The van der Waals surface area contributed by atoms with Crippen LogP contribution in [0.5, 0.6) is 11.5 Å². The van der Waals surface area contributed by atoms with Crippen LogP contribution in [-0.2, 0) is 14.8 Å². The Morgan fingerprint density at radius 2 is 1.47 bits per heavy atom. The van der Waals surface area contributed by atoms with Crippen molar-refractivity contribution in [3.63, 3.8) is 0 Å². The van der Waals surface area contributed by atoms with E-state index >= 15 is 0 Å². The molecule has 0 aliphatic rings. The number of benzene rings is 4. The molecule has 0 aliphatic heterocycles. The monoisotopic (exact) mass is 476 g/mol.